The van der Waals surface area contributed by atoms with Crippen LogP contribution in [0.2, 0.25) is 0 Å². The fraction of sp³-hybridized carbons (Fsp3) is 0.625. The zero-order valence-electron chi connectivity index (χ0n) is 32.8. The van der Waals surface area contributed by atoms with E-state index in [0.717, 1.165) is 17.3 Å². The Morgan fingerprint density at radius 3 is 2.51 bits per heavy atom. The molecular weight excluding hydrogens is 727 g/mol. The van der Waals surface area contributed by atoms with Crippen molar-refractivity contribution in [3.05, 3.63) is 42.6 Å². The molecule has 1 aromatic carbocycles. The molecule has 300 valence electrons. The van der Waals surface area contributed by atoms with Gasteiger partial charge in [0.15, 0.2) is 0 Å². The molecular formula is C40H55N5O9S. The van der Waals surface area contributed by atoms with E-state index in [1.165, 1.54) is 4.90 Å². The summed E-state index contributed by atoms with van der Waals surface area (Å²) in [4.78, 5) is 62.5. The number of allylic oxidation sites excluding steroid dienone is 1. The summed E-state index contributed by atoms with van der Waals surface area (Å²) in [6, 6.07) is 5.15. The van der Waals surface area contributed by atoms with Crippen LogP contribution in [0.3, 0.4) is 0 Å². The highest BCUT2D eigenvalue weighted by Crippen LogP contribution is 2.47. The number of fused-ring (bicyclic) bond motifs is 3. The summed E-state index contributed by atoms with van der Waals surface area (Å²) >= 11 is 0. The quantitative estimate of drug-likeness (QED) is 0.316. The van der Waals surface area contributed by atoms with Crippen molar-refractivity contribution in [2.24, 2.45) is 17.8 Å². The average molecular weight is 782 g/mol. The Labute approximate surface area is 323 Å². The first-order valence-corrected chi connectivity index (χ1v) is 20.8. The maximum Gasteiger partial charge on any atom is 0.408 e. The van der Waals surface area contributed by atoms with Gasteiger partial charge in [-0.3, -0.25) is 24.1 Å². The van der Waals surface area contributed by atoms with E-state index in [0.29, 0.717) is 43.6 Å². The lowest BCUT2D eigenvalue weighted by Gasteiger charge is -2.34. The van der Waals surface area contributed by atoms with Crippen molar-refractivity contribution >= 4 is 44.7 Å². The second-order valence-electron chi connectivity index (χ2n) is 17.0. The number of alkyl carbamates (subject to hydrolysis) is 1. The minimum absolute atomic E-state index is 0.000810. The Kier molecular flexibility index (Phi) is 11.2. The molecule has 0 radical (unpaired) electrons. The van der Waals surface area contributed by atoms with E-state index in [1.54, 1.807) is 41.0 Å². The number of sulfonamides is 1. The number of hydrogen-bond donors (Lipinski definition) is 3. The smallest absolute Gasteiger partial charge is 0.408 e. The fourth-order valence-electron chi connectivity index (χ4n) is 7.72. The zero-order chi connectivity index (χ0) is 39.9. The highest BCUT2D eigenvalue weighted by Gasteiger charge is 2.63. The number of aromatic nitrogens is 1. The van der Waals surface area contributed by atoms with Gasteiger partial charge in [0.2, 0.25) is 21.8 Å². The number of hydrogen-bond acceptors (Lipinski definition) is 10. The van der Waals surface area contributed by atoms with Crippen LogP contribution in [0.5, 0.6) is 11.5 Å². The van der Waals surface area contributed by atoms with Gasteiger partial charge in [0.25, 0.3) is 5.91 Å². The molecule has 7 unspecified atom stereocenters. The standard InChI is InChI=1S/C40H55N5O9S/c1-8-25-17-24(2)11-9-10-12-27-21-40(27,36(48)44-55(50,51)39(6)15-16-39)43-34(46)32-20-30(23-45(32)35(47)33(25)42-37(49)54-38(3,4)5)53-29-19-26-18-28(52-7)13-14-31(26)41-22-29/h10,12-14,18-19,22,24-25,27,30,32-33H,8-9,11,15-17,20-21,23H2,1-7H3,(H,42,49)(H,43,46)(H,44,48). The lowest BCUT2D eigenvalue weighted by molar-refractivity contribution is -0.142. The van der Waals surface area contributed by atoms with E-state index < -0.39 is 73.8 Å². The van der Waals surface area contributed by atoms with Gasteiger partial charge >= 0.3 is 6.09 Å². The molecule has 1 saturated heterocycles. The van der Waals surface area contributed by atoms with Crippen molar-refractivity contribution in [1.29, 1.82) is 0 Å². The van der Waals surface area contributed by atoms with E-state index in [-0.39, 0.29) is 31.2 Å². The number of nitrogens with one attached hydrogen (secondary N) is 3. The molecule has 4 amide bonds. The van der Waals surface area contributed by atoms with Crippen LogP contribution in [0.4, 0.5) is 4.79 Å². The van der Waals surface area contributed by atoms with Crippen LogP contribution in [-0.2, 0) is 29.1 Å². The third kappa shape index (κ3) is 8.86. The lowest BCUT2D eigenvalue weighted by atomic mass is 9.85. The molecule has 3 heterocycles. The summed E-state index contributed by atoms with van der Waals surface area (Å²) in [5, 5.41) is 6.54. The molecule has 7 atom stereocenters. The van der Waals surface area contributed by atoms with E-state index in [1.807, 2.05) is 43.3 Å². The molecule has 0 spiro atoms. The molecule has 3 fully saturated rings. The predicted octanol–water partition coefficient (Wildman–Crippen LogP) is 4.76. The van der Waals surface area contributed by atoms with Gasteiger partial charge in [-0.15, -0.1) is 0 Å². The van der Waals surface area contributed by atoms with Crippen molar-refractivity contribution in [1.82, 2.24) is 25.2 Å². The molecule has 0 bridgehead atoms. The maximum absolute atomic E-state index is 14.9. The van der Waals surface area contributed by atoms with E-state index in [2.05, 4.69) is 27.3 Å². The fourth-order valence-corrected chi connectivity index (χ4v) is 9.04. The summed E-state index contributed by atoms with van der Waals surface area (Å²) in [7, 11) is -2.42. The zero-order valence-corrected chi connectivity index (χ0v) is 33.7. The van der Waals surface area contributed by atoms with Crippen LogP contribution in [-0.4, -0.2) is 89.8 Å². The highest BCUT2D eigenvalue weighted by molar-refractivity contribution is 7.91. The van der Waals surface area contributed by atoms with Crippen LogP contribution in [0, 0.1) is 17.8 Å². The normalized spacial score (nSPS) is 29.5. The van der Waals surface area contributed by atoms with E-state index in [9.17, 15) is 27.6 Å². The monoisotopic (exact) mass is 781 g/mol. The first-order valence-electron chi connectivity index (χ1n) is 19.3. The van der Waals surface area contributed by atoms with Crippen LogP contribution in [0.1, 0.15) is 92.9 Å². The second kappa shape index (κ2) is 15.3. The second-order valence-corrected chi connectivity index (χ2v) is 19.2. The van der Waals surface area contributed by atoms with Gasteiger partial charge < -0.3 is 29.7 Å². The van der Waals surface area contributed by atoms with E-state index in [4.69, 9.17) is 14.2 Å². The molecule has 2 aliphatic heterocycles. The topological polar surface area (TPSA) is 182 Å². The number of amides is 4. The Bertz CT molecular complexity index is 1960. The first-order chi connectivity index (χ1) is 25.9. The largest absolute Gasteiger partial charge is 0.497 e. The number of nitrogens with zero attached hydrogens (tertiary/aromatic N) is 2. The molecule has 2 aromatic rings. The van der Waals surface area contributed by atoms with E-state index >= 15 is 0 Å². The van der Waals surface area contributed by atoms with Crippen LogP contribution >= 0.6 is 0 Å². The Balaban J connectivity index is 1.35. The molecule has 55 heavy (non-hydrogen) atoms. The Morgan fingerprint density at radius 2 is 1.84 bits per heavy atom. The number of methoxy groups -OCH3 is 1. The Morgan fingerprint density at radius 1 is 1.11 bits per heavy atom. The van der Waals surface area contributed by atoms with Crippen molar-refractivity contribution < 1.29 is 41.8 Å². The maximum atomic E-state index is 14.9. The van der Waals surface area contributed by atoms with Crippen LogP contribution in [0.15, 0.2) is 42.6 Å². The number of ether oxygens (including phenoxy) is 3. The first kappa shape index (κ1) is 40.3. The van der Waals surface area contributed by atoms with Gasteiger partial charge in [0, 0.05) is 17.7 Å². The van der Waals surface area contributed by atoms with Crippen molar-refractivity contribution in [3.63, 3.8) is 0 Å². The molecule has 4 aliphatic rings. The number of carbonyl (C=O) groups is 4. The highest BCUT2D eigenvalue weighted by atomic mass is 32.2. The van der Waals surface area contributed by atoms with Crippen molar-refractivity contribution in [3.8, 4) is 11.5 Å². The third-order valence-electron chi connectivity index (χ3n) is 11.4. The van der Waals surface area contributed by atoms with Crippen molar-refractivity contribution in [2.75, 3.05) is 13.7 Å². The molecule has 2 aliphatic carbocycles. The van der Waals surface area contributed by atoms with Gasteiger partial charge in [0.05, 0.1) is 30.1 Å². The summed E-state index contributed by atoms with van der Waals surface area (Å²) in [6.07, 6.45) is 7.82. The van der Waals surface area contributed by atoms with Gasteiger partial charge in [0.1, 0.15) is 40.8 Å². The minimum atomic E-state index is -3.99. The van der Waals surface area contributed by atoms with Gasteiger partial charge in [-0.2, -0.15) is 0 Å². The number of pyridine rings is 1. The lowest BCUT2D eigenvalue weighted by Crippen LogP contribution is -2.59. The number of rotatable bonds is 8. The van der Waals surface area contributed by atoms with Gasteiger partial charge in [-0.25, -0.2) is 13.2 Å². The van der Waals surface area contributed by atoms with Gasteiger partial charge in [-0.1, -0.05) is 32.4 Å². The SMILES string of the molecule is CCC1CC(C)CCC=CC2CC2(C(=O)NS(=O)(=O)C2(C)CC2)NC(=O)C2CC(Oc3cnc4ccc(OC)cc4c3)CN2C(=O)C1NC(=O)OC(C)(C)C. The summed E-state index contributed by atoms with van der Waals surface area (Å²) in [6.45, 7) is 10.9. The average Bonchev–Trinajstić information content (AvgIpc) is 4.00. The van der Waals surface area contributed by atoms with Crippen LogP contribution in [0.25, 0.3) is 10.9 Å². The number of carbonyl (C=O) groups excluding carboxylic acids is 4. The molecule has 6 rings (SSSR count). The van der Waals surface area contributed by atoms with Gasteiger partial charge in [-0.05, 0) is 102 Å². The minimum Gasteiger partial charge on any atom is -0.497 e. The summed E-state index contributed by atoms with van der Waals surface area (Å²) < 4.78 is 45.0. The Hall–Kier alpha value is -4.40. The molecule has 2 saturated carbocycles. The third-order valence-corrected chi connectivity index (χ3v) is 13.6. The predicted molar refractivity (Wildman–Crippen MR) is 206 cm³/mol. The molecule has 1 aromatic heterocycles. The molecule has 3 N–H and O–H groups in total. The summed E-state index contributed by atoms with van der Waals surface area (Å²) in [5.74, 6) is -1.38. The van der Waals surface area contributed by atoms with Crippen molar-refractivity contribution in [2.45, 2.75) is 127 Å². The molecule has 14 nitrogen and oxygen atoms in total. The summed E-state index contributed by atoms with van der Waals surface area (Å²) in [5.41, 5.74) is -1.61. The van der Waals surface area contributed by atoms with Crippen LogP contribution < -0.4 is 24.8 Å². The molecule has 15 heteroatoms. The number of benzene rings is 1.